The summed E-state index contributed by atoms with van der Waals surface area (Å²) in [4.78, 5) is 10.4. The number of allylic oxidation sites excluding steroid dienone is 2. The van der Waals surface area contributed by atoms with E-state index in [0.717, 1.165) is 12.8 Å². The first-order chi connectivity index (χ1) is 13.7. The van der Waals surface area contributed by atoms with Crippen LogP contribution in [0.1, 0.15) is 150 Å². The summed E-state index contributed by atoms with van der Waals surface area (Å²) < 4.78 is 0. The van der Waals surface area contributed by atoms with E-state index in [9.17, 15) is 4.79 Å². The number of hydrogen-bond acceptors (Lipinski definition) is 1. The molecule has 0 saturated carbocycles. The summed E-state index contributed by atoms with van der Waals surface area (Å²) in [5.41, 5.74) is 1.57. The summed E-state index contributed by atoms with van der Waals surface area (Å²) in [6.07, 6.45) is 26.5. The monoisotopic (exact) mass is 396 g/mol. The summed E-state index contributed by atoms with van der Waals surface area (Å²) in [5, 5.41) is 8.57. The molecular formula is C26H52O2. The third-order valence-corrected chi connectivity index (χ3v) is 5.26. The van der Waals surface area contributed by atoms with E-state index in [-0.39, 0.29) is 0 Å². The van der Waals surface area contributed by atoms with Crippen molar-refractivity contribution in [2.45, 2.75) is 150 Å². The number of unbranched alkanes of at least 4 members (excludes halogenated alkanes) is 15. The van der Waals surface area contributed by atoms with Crippen molar-refractivity contribution in [3.63, 3.8) is 0 Å². The van der Waals surface area contributed by atoms with Gasteiger partial charge in [-0.25, -0.2) is 0 Å². The first-order valence-corrected chi connectivity index (χ1v) is 12.5. The van der Waals surface area contributed by atoms with E-state index < -0.39 is 5.97 Å². The molecule has 0 fully saturated rings. The van der Waals surface area contributed by atoms with Crippen LogP contribution in [0, 0.1) is 0 Å². The van der Waals surface area contributed by atoms with E-state index in [2.05, 4.69) is 19.9 Å². The molecule has 0 aliphatic rings. The lowest BCUT2D eigenvalue weighted by atomic mass is 10.0. The molecule has 28 heavy (non-hydrogen) atoms. The van der Waals surface area contributed by atoms with Crippen LogP contribution in [0.15, 0.2) is 11.6 Å². The lowest BCUT2D eigenvalue weighted by Crippen LogP contribution is -1.93. The smallest absolute Gasteiger partial charge is 0.303 e. The Kier molecular flexibility index (Phi) is 27.5. The van der Waals surface area contributed by atoms with E-state index in [1.165, 1.54) is 103 Å². The topological polar surface area (TPSA) is 37.3 Å². The zero-order valence-electron chi connectivity index (χ0n) is 19.9. The van der Waals surface area contributed by atoms with Crippen LogP contribution in [0.2, 0.25) is 0 Å². The molecule has 0 saturated heterocycles. The normalized spacial score (nSPS) is 11.2. The van der Waals surface area contributed by atoms with Crippen LogP contribution in [-0.4, -0.2) is 11.1 Å². The molecule has 1 N–H and O–H groups in total. The standard InChI is InChI=1S/C24H46O2.C2H6/c1-3-20-23(2)21-18-16-14-12-10-8-6-4-5-7-9-11-13-15-17-19-22-24(25)26;1-2/h20H,3-19,21-22H2,1-2H3,(H,25,26);1-2H3/b23-20-;. The van der Waals surface area contributed by atoms with Gasteiger partial charge in [0, 0.05) is 6.42 Å². The third-order valence-electron chi connectivity index (χ3n) is 5.26. The van der Waals surface area contributed by atoms with Gasteiger partial charge in [-0.1, -0.05) is 122 Å². The lowest BCUT2D eigenvalue weighted by molar-refractivity contribution is -0.137. The Morgan fingerprint density at radius 1 is 0.607 bits per heavy atom. The van der Waals surface area contributed by atoms with Crippen LogP contribution < -0.4 is 0 Å². The van der Waals surface area contributed by atoms with Crippen molar-refractivity contribution < 1.29 is 9.90 Å². The Bertz CT molecular complexity index is 333. The molecule has 0 bridgehead atoms. The average molecular weight is 397 g/mol. The molecule has 0 aliphatic heterocycles. The second-order valence-corrected chi connectivity index (χ2v) is 8.01. The van der Waals surface area contributed by atoms with E-state index in [4.69, 9.17) is 5.11 Å². The van der Waals surface area contributed by atoms with Crippen LogP contribution in [-0.2, 0) is 4.79 Å². The predicted octanol–water partition coefficient (Wildman–Crippen LogP) is 9.48. The number of aliphatic carboxylic acids is 1. The van der Waals surface area contributed by atoms with Gasteiger partial charge in [-0.15, -0.1) is 0 Å². The van der Waals surface area contributed by atoms with Crippen LogP contribution in [0.4, 0.5) is 0 Å². The van der Waals surface area contributed by atoms with Crippen molar-refractivity contribution in [3.05, 3.63) is 11.6 Å². The van der Waals surface area contributed by atoms with Gasteiger partial charge in [-0.3, -0.25) is 4.79 Å². The second-order valence-electron chi connectivity index (χ2n) is 8.01. The number of hydrogen-bond donors (Lipinski definition) is 1. The Hall–Kier alpha value is -0.790. The highest BCUT2D eigenvalue weighted by atomic mass is 16.4. The number of carboxylic acids is 1. The summed E-state index contributed by atoms with van der Waals surface area (Å²) in [5.74, 6) is -0.653. The van der Waals surface area contributed by atoms with Crippen LogP contribution in [0.25, 0.3) is 0 Å². The van der Waals surface area contributed by atoms with Gasteiger partial charge < -0.3 is 5.11 Å². The first kappa shape index (κ1) is 29.4. The van der Waals surface area contributed by atoms with Crippen molar-refractivity contribution in [3.8, 4) is 0 Å². The van der Waals surface area contributed by atoms with Gasteiger partial charge in [-0.2, -0.15) is 0 Å². The van der Waals surface area contributed by atoms with E-state index >= 15 is 0 Å². The maximum atomic E-state index is 10.4. The zero-order chi connectivity index (χ0) is 21.3. The van der Waals surface area contributed by atoms with Crippen LogP contribution >= 0.6 is 0 Å². The Morgan fingerprint density at radius 2 is 0.893 bits per heavy atom. The van der Waals surface area contributed by atoms with Crippen LogP contribution in [0.5, 0.6) is 0 Å². The summed E-state index contributed by atoms with van der Waals surface area (Å²) >= 11 is 0. The predicted molar refractivity (Wildman–Crippen MR) is 126 cm³/mol. The number of rotatable bonds is 20. The van der Waals surface area contributed by atoms with Gasteiger partial charge in [0.15, 0.2) is 0 Å². The molecule has 0 rings (SSSR count). The van der Waals surface area contributed by atoms with Gasteiger partial charge in [0.05, 0.1) is 0 Å². The quantitative estimate of drug-likeness (QED) is 0.164. The highest BCUT2D eigenvalue weighted by Gasteiger charge is 1.97. The van der Waals surface area contributed by atoms with Gasteiger partial charge in [-0.05, 0) is 32.6 Å². The van der Waals surface area contributed by atoms with Gasteiger partial charge >= 0.3 is 5.97 Å². The first-order valence-electron chi connectivity index (χ1n) is 12.5. The van der Waals surface area contributed by atoms with Crippen molar-refractivity contribution in [1.29, 1.82) is 0 Å². The molecule has 0 spiro atoms. The molecule has 0 aromatic heterocycles. The van der Waals surface area contributed by atoms with Gasteiger partial charge in [0.25, 0.3) is 0 Å². The highest BCUT2D eigenvalue weighted by molar-refractivity contribution is 5.66. The second kappa shape index (κ2) is 26.2. The van der Waals surface area contributed by atoms with Gasteiger partial charge in [0.2, 0.25) is 0 Å². The summed E-state index contributed by atoms with van der Waals surface area (Å²) in [6.45, 7) is 8.49. The Balaban J connectivity index is 0. The summed E-state index contributed by atoms with van der Waals surface area (Å²) in [7, 11) is 0. The minimum atomic E-state index is -0.653. The molecule has 0 aromatic rings. The highest BCUT2D eigenvalue weighted by Crippen LogP contribution is 2.15. The van der Waals surface area contributed by atoms with E-state index in [0.29, 0.717) is 6.42 Å². The SMILES string of the molecule is CC.CC/C=C(/C)CCCCCCCCCCCCCCCCCCC(=O)O. The number of carbonyl (C=O) groups is 1. The zero-order valence-corrected chi connectivity index (χ0v) is 19.9. The molecular weight excluding hydrogens is 344 g/mol. The van der Waals surface area contributed by atoms with Crippen molar-refractivity contribution >= 4 is 5.97 Å². The van der Waals surface area contributed by atoms with E-state index in [1.54, 1.807) is 5.57 Å². The van der Waals surface area contributed by atoms with Crippen molar-refractivity contribution in [1.82, 2.24) is 0 Å². The minimum absolute atomic E-state index is 0.343. The minimum Gasteiger partial charge on any atom is -0.481 e. The van der Waals surface area contributed by atoms with E-state index in [1.807, 2.05) is 13.8 Å². The fourth-order valence-electron chi connectivity index (χ4n) is 3.61. The fraction of sp³-hybridized carbons (Fsp3) is 0.885. The average Bonchev–Trinajstić information content (AvgIpc) is 2.68. The molecule has 0 heterocycles. The summed E-state index contributed by atoms with van der Waals surface area (Å²) in [6, 6.07) is 0. The van der Waals surface area contributed by atoms with Crippen molar-refractivity contribution in [2.24, 2.45) is 0 Å². The number of carboxylic acid groups (broad SMARTS) is 1. The van der Waals surface area contributed by atoms with Gasteiger partial charge in [0.1, 0.15) is 0 Å². The molecule has 2 heteroatoms. The molecule has 2 nitrogen and oxygen atoms in total. The largest absolute Gasteiger partial charge is 0.481 e. The molecule has 0 atom stereocenters. The Labute approximate surface area is 177 Å². The molecule has 0 aromatic carbocycles. The lowest BCUT2D eigenvalue weighted by Gasteiger charge is -2.04. The molecule has 0 radical (unpaired) electrons. The molecule has 0 amide bonds. The maximum Gasteiger partial charge on any atom is 0.303 e. The fourth-order valence-corrected chi connectivity index (χ4v) is 3.61. The maximum absolute atomic E-state index is 10.4. The Morgan fingerprint density at radius 3 is 1.18 bits per heavy atom. The van der Waals surface area contributed by atoms with Crippen molar-refractivity contribution in [2.75, 3.05) is 0 Å². The molecule has 168 valence electrons. The molecule has 0 unspecified atom stereocenters. The molecule has 0 aliphatic carbocycles. The third kappa shape index (κ3) is 27.4. The van der Waals surface area contributed by atoms with Crippen LogP contribution in [0.3, 0.4) is 0 Å².